The zero-order valence-corrected chi connectivity index (χ0v) is 10.4. The van der Waals surface area contributed by atoms with Crippen LogP contribution in [0.4, 0.5) is 0 Å². The van der Waals surface area contributed by atoms with Gasteiger partial charge in [0.2, 0.25) is 5.28 Å². The van der Waals surface area contributed by atoms with Gasteiger partial charge >= 0.3 is 0 Å². The summed E-state index contributed by atoms with van der Waals surface area (Å²) in [5.41, 5.74) is 0.886. The Hall–Kier alpha value is -0.420. The van der Waals surface area contributed by atoms with E-state index in [2.05, 4.69) is 20.6 Å². The predicted octanol–water partition coefficient (Wildman–Crippen LogP) is 1.62. The topological polar surface area (TPSA) is 49.8 Å². The molecule has 16 heavy (non-hydrogen) atoms. The molecule has 6 heteroatoms. The van der Waals surface area contributed by atoms with Gasteiger partial charge in [-0.2, -0.15) is 0 Å². The molecule has 0 radical (unpaired) electrons. The van der Waals surface area contributed by atoms with Gasteiger partial charge in [0.15, 0.2) is 0 Å². The number of nitrogens with zero attached hydrogens (tertiary/aromatic N) is 2. The first kappa shape index (κ1) is 12.0. The standard InChI is InChI=1S/C10H14Cl2N4/c11-9-7(5-15-10(12)16-9)4-14-8-2-1-3-13-6-8/h5,8,13-14H,1-4,6H2/t8-/m0/s1. The van der Waals surface area contributed by atoms with Crippen LogP contribution in [-0.2, 0) is 6.54 Å². The zero-order chi connectivity index (χ0) is 11.4. The van der Waals surface area contributed by atoms with Crippen LogP contribution < -0.4 is 10.6 Å². The minimum Gasteiger partial charge on any atom is -0.315 e. The third-order valence-electron chi connectivity index (χ3n) is 2.66. The number of hydrogen-bond donors (Lipinski definition) is 2. The van der Waals surface area contributed by atoms with E-state index in [9.17, 15) is 0 Å². The molecule has 2 rings (SSSR count). The molecule has 1 aliphatic rings. The van der Waals surface area contributed by atoms with Gasteiger partial charge in [0.1, 0.15) is 5.15 Å². The molecule has 1 aliphatic heterocycles. The van der Waals surface area contributed by atoms with Crippen molar-refractivity contribution in [2.45, 2.75) is 25.4 Å². The van der Waals surface area contributed by atoms with Crippen molar-refractivity contribution in [2.75, 3.05) is 13.1 Å². The average molecular weight is 261 g/mol. The highest BCUT2D eigenvalue weighted by Gasteiger charge is 2.13. The van der Waals surface area contributed by atoms with Gasteiger partial charge in [0.25, 0.3) is 0 Å². The van der Waals surface area contributed by atoms with Gasteiger partial charge in [-0.3, -0.25) is 0 Å². The van der Waals surface area contributed by atoms with Crippen LogP contribution in [0.2, 0.25) is 10.4 Å². The van der Waals surface area contributed by atoms with Crippen LogP contribution in [0.3, 0.4) is 0 Å². The summed E-state index contributed by atoms with van der Waals surface area (Å²) in [5.74, 6) is 0. The smallest absolute Gasteiger partial charge is 0.223 e. The van der Waals surface area contributed by atoms with Crippen molar-refractivity contribution in [3.8, 4) is 0 Å². The molecule has 0 saturated carbocycles. The minimum atomic E-state index is 0.188. The van der Waals surface area contributed by atoms with Gasteiger partial charge < -0.3 is 10.6 Å². The van der Waals surface area contributed by atoms with E-state index in [0.717, 1.165) is 18.7 Å². The Balaban J connectivity index is 1.88. The van der Waals surface area contributed by atoms with E-state index in [1.807, 2.05) is 0 Å². The van der Waals surface area contributed by atoms with Crippen LogP contribution in [-0.4, -0.2) is 29.1 Å². The van der Waals surface area contributed by atoms with E-state index in [-0.39, 0.29) is 5.28 Å². The summed E-state index contributed by atoms with van der Waals surface area (Å²) in [6.07, 6.45) is 4.07. The zero-order valence-electron chi connectivity index (χ0n) is 8.84. The maximum atomic E-state index is 5.96. The number of piperidine rings is 1. The summed E-state index contributed by atoms with van der Waals surface area (Å²) < 4.78 is 0. The quantitative estimate of drug-likeness (QED) is 0.641. The average Bonchev–Trinajstić information content (AvgIpc) is 2.29. The molecule has 0 bridgehead atoms. The molecule has 0 amide bonds. The summed E-state index contributed by atoms with van der Waals surface area (Å²) in [4.78, 5) is 7.82. The number of nitrogens with one attached hydrogen (secondary N) is 2. The van der Waals surface area contributed by atoms with Crippen molar-refractivity contribution in [3.05, 3.63) is 22.2 Å². The molecular formula is C10H14Cl2N4. The highest BCUT2D eigenvalue weighted by molar-refractivity contribution is 6.32. The molecule has 4 nitrogen and oxygen atoms in total. The Kier molecular flexibility index (Phi) is 4.35. The Labute approximate surface area is 105 Å². The number of aromatic nitrogens is 2. The van der Waals surface area contributed by atoms with Gasteiger partial charge in [0, 0.05) is 30.9 Å². The minimum absolute atomic E-state index is 0.188. The molecule has 1 fully saturated rings. The van der Waals surface area contributed by atoms with Gasteiger partial charge in [-0.05, 0) is 31.0 Å². The van der Waals surface area contributed by atoms with E-state index < -0.39 is 0 Å². The van der Waals surface area contributed by atoms with Crippen LogP contribution in [0.1, 0.15) is 18.4 Å². The summed E-state index contributed by atoms with van der Waals surface area (Å²) >= 11 is 11.6. The van der Waals surface area contributed by atoms with Crippen LogP contribution >= 0.6 is 23.2 Å². The van der Waals surface area contributed by atoms with Crippen molar-refractivity contribution >= 4 is 23.2 Å². The first-order valence-corrected chi connectivity index (χ1v) is 6.12. The molecular weight excluding hydrogens is 247 g/mol. The van der Waals surface area contributed by atoms with E-state index in [1.54, 1.807) is 6.20 Å². The highest BCUT2D eigenvalue weighted by atomic mass is 35.5. The Bertz CT molecular complexity index is 353. The second kappa shape index (κ2) is 5.77. The van der Waals surface area contributed by atoms with Crippen LogP contribution in [0.15, 0.2) is 6.20 Å². The lowest BCUT2D eigenvalue weighted by Gasteiger charge is -2.23. The Morgan fingerprint density at radius 1 is 1.50 bits per heavy atom. The molecule has 0 aliphatic carbocycles. The molecule has 0 spiro atoms. The van der Waals surface area contributed by atoms with Crippen molar-refractivity contribution < 1.29 is 0 Å². The lowest BCUT2D eigenvalue weighted by atomic mass is 10.1. The largest absolute Gasteiger partial charge is 0.315 e. The molecule has 1 aromatic heterocycles. The Morgan fingerprint density at radius 2 is 2.38 bits per heavy atom. The van der Waals surface area contributed by atoms with E-state index >= 15 is 0 Å². The fourth-order valence-electron chi connectivity index (χ4n) is 1.77. The van der Waals surface area contributed by atoms with Crippen LogP contribution in [0.5, 0.6) is 0 Å². The molecule has 0 unspecified atom stereocenters. The van der Waals surface area contributed by atoms with E-state index in [1.165, 1.54) is 12.8 Å². The second-order valence-corrected chi connectivity index (χ2v) is 4.58. The third kappa shape index (κ3) is 3.28. The van der Waals surface area contributed by atoms with Crippen molar-refractivity contribution in [2.24, 2.45) is 0 Å². The molecule has 1 atom stereocenters. The van der Waals surface area contributed by atoms with Crippen molar-refractivity contribution in [1.29, 1.82) is 0 Å². The molecule has 0 aromatic carbocycles. The first-order chi connectivity index (χ1) is 7.75. The summed E-state index contributed by atoms with van der Waals surface area (Å²) in [6, 6.07) is 0.500. The fraction of sp³-hybridized carbons (Fsp3) is 0.600. The van der Waals surface area contributed by atoms with Gasteiger partial charge in [-0.25, -0.2) is 9.97 Å². The van der Waals surface area contributed by atoms with Crippen LogP contribution in [0, 0.1) is 0 Å². The lowest BCUT2D eigenvalue weighted by molar-refractivity contribution is 0.389. The molecule has 1 saturated heterocycles. The van der Waals surface area contributed by atoms with E-state index in [4.69, 9.17) is 23.2 Å². The monoisotopic (exact) mass is 260 g/mol. The first-order valence-electron chi connectivity index (χ1n) is 5.37. The van der Waals surface area contributed by atoms with E-state index in [0.29, 0.717) is 17.7 Å². The van der Waals surface area contributed by atoms with Gasteiger partial charge in [0.05, 0.1) is 0 Å². The van der Waals surface area contributed by atoms with Crippen LogP contribution in [0.25, 0.3) is 0 Å². The fourth-order valence-corrected chi connectivity index (χ4v) is 2.14. The summed E-state index contributed by atoms with van der Waals surface area (Å²) in [6.45, 7) is 2.80. The molecule has 88 valence electrons. The summed E-state index contributed by atoms with van der Waals surface area (Å²) in [7, 11) is 0. The van der Waals surface area contributed by atoms with Crippen molar-refractivity contribution in [3.63, 3.8) is 0 Å². The van der Waals surface area contributed by atoms with Crippen molar-refractivity contribution in [1.82, 2.24) is 20.6 Å². The summed E-state index contributed by atoms with van der Waals surface area (Å²) in [5, 5.41) is 7.39. The maximum Gasteiger partial charge on any atom is 0.223 e. The third-order valence-corrected chi connectivity index (χ3v) is 3.17. The normalized spacial score (nSPS) is 21.0. The molecule has 1 aromatic rings. The number of halogens is 2. The SMILES string of the molecule is Clc1ncc(CN[C@H]2CCCNC2)c(Cl)n1. The highest BCUT2D eigenvalue weighted by Crippen LogP contribution is 2.14. The Morgan fingerprint density at radius 3 is 3.06 bits per heavy atom. The molecule has 2 N–H and O–H groups in total. The molecule has 2 heterocycles. The predicted molar refractivity (Wildman–Crippen MR) is 64.8 cm³/mol. The number of hydrogen-bond acceptors (Lipinski definition) is 4. The lowest BCUT2D eigenvalue weighted by Crippen LogP contribution is -2.42. The van der Waals surface area contributed by atoms with Gasteiger partial charge in [-0.1, -0.05) is 11.6 Å². The van der Waals surface area contributed by atoms with Gasteiger partial charge in [-0.15, -0.1) is 0 Å². The number of rotatable bonds is 3. The second-order valence-electron chi connectivity index (χ2n) is 3.88. The maximum absolute atomic E-state index is 5.96.